The maximum absolute atomic E-state index is 11.6. The molecule has 1 saturated carbocycles. The lowest BCUT2D eigenvalue weighted by Crippen LogP contribution is -2.31. The normalized spacial score (nSPS) is 23.3. The summed E-state index contributed by atoms with van der Waals surface area (Å²) in [6.45, 7) is 0.413. The number of hydrogen-bond donors (Lipinski definition) is 3. The summed E-state index contributed by atoms with van der Waals surface area (Å²) < 4.78 is 0. The van der Waals surface area contributed by atoms with Gasteiger partial charge < -0.3 is 16.2 Å². The largest absolute Gasteiger partial charge is 0.481 e. The number of carbonyl (C=O) groups excluding carboxylic acids is 2. The molecule has 0 aromatic heterocycles. The summed E-state index contributed by atoms with van der Waals surface area (Å²) in [6, 6.07) is 0. The molecule has 1 fully saturated rings. The first-order valence-electron chi connectivity index (χ1n) is 5.79. The Morgan fingerprint density at radius 2 is 1.88 bits per heavy atom. The van der Waals surface area contributed by atoms with E-state index in [4.69, 9.17) is 10.8 Å². The molecule has 0 aromatic carbocycles. The number of carbonyl (C=O) groups is 3. The van der Waals surface area contributed by atoms with E-state index in [2.05, 4.69) is 5.32 Å². The van der Waals surface area contributed by atoms with Crippen LogP contribution in [0.25, 0.3) is 0 Å². The number of rotatable bonds is 6. The third kappa shape index (κ3) is 4.42. The lowest BCUT2D eigenvalue weighted by atomic mass is 10.0. The Bertz CT molecular complexity index is 317. The van der Waals surface area contributed by atoms with Crippen molar-refractivity contribution in [3.05, 3.63) is 0 Å². The molecule has 0 spiro atoms. The first-order chi connectivity index (χ1) is 8.00. The molecular weight excluding hydrogens is 224 g/mol. The van der Waals surface area contributed by atoms with Crippen molar-refractivity contribution >= 4 is 17.8 Å². The minimum atomic E-state index is -0.825. The van der Waals surface area contributed by atoms with Gasteiger partial charge in [-0.2, -0.15) is 0 Å². The van der Waals surface area contributed by atoms with Crippen molar-refractivity contribution in [1.29, 1.82) is 0 Å². The molecule has 2 unspecified atom stereocenters. The first-order valence-corrected chi connectivity index (χ1v) is 5.79. The van der Waals surface area contributed by atoms with Gasteiger partial charge in [-0.05, 0) is 25.7 Å². The van der Waals surface area contributed by atoms with Crippen molar-refractivity contribution in [3.8, 4) is 0 Å². The third-order valence-electron chi connectivity index (χ3n) is 3.05. The minimum absolute atomic E-state index is 0.113. The smallest absolute Gasteiger partial charge is 0.306 e. The van der Waals surface area contributed by atoms with E-state index in [9.17, 15) is 14.4 Å². The SMILES string of the molecule is NC(=O)CCCNC(=O)C1CCC(C(=O)O)C1. The average Bonchev–Trinajstić information content (AvgIpc) is 2.73. The van der Waals surface area contributed by atoms with Crippen molar-refractivity contribution in [2.45, 2.75) is 32.1 Å². The Hall–Kier alpha value is -1.59. The van der Waals surface area contributed by atoms with E-state index in [1.54, 1.807) is 0 Å². The molecule has 6 heteroatoms. The fourth-order valence-electron chi connectivity index (χ4n) is 2.06. The van der Waals surface area contributed by atoms with Gasteiger partial charge in [0.15, 0.2) is 0 Å². The molecule has 0 bridgehead atoms. The zero-order valence-corrected chi connectivity index (χ0v) is 9.65. The number of hydrogen-bond acceptors (Lipinski definition) is 3. The quantitative estimate of drug-likeness (QED) is 0.563. The van der Waals surface area contributed by atoms with E-state index >= 15 is 0 Å². The van der Waals surface area contributed by atoms with Crippen LogP contribution < -0.4 is 11.1 Å². The molecule has 0 heterocycles. The number of nitrogens with one attached hydrogen (secondary N) is 1. The molecule has 0 aromatic rings. The van der Waals surface area contributed by atoms with E-state index in [-0.39, 0.29) is 24.2 Å². The molecule has 1 aliphatic rings. The highest BCUT2D eigenvalue weighted by Crippen LogP contribution is 2.30. The zero-order valence-electron chi connectivity index (χ0n) is 9.65. The predicted molar refractivity (Wildman–Crippen MR) is 59.9 cm³/mol. The van der Waals surface area contributed by atoms with Crippen LogP contribution in [0.15, 0.2) is 0 Å². The third-order valence-corrected chi connectivity index (χ3v) is 3.05. The first kappa shape index (κ1) is 13.5. The van der Waals surface area contributed by atoms with Gasteiger partial charge in [-0.15, -0.1) is 0 Å². The fourth-order valence-corrected chi connectivity index (χ4v) is 2.06. The molecule has 0 aliphatic heterocycles. The van der Waals surface area contributed by atoms with Gasteiger partial charge in [0, 0.05) is 18.9 Å². The summed E-state index contributed by atoms with van der Waals surface area (Å²) in [6.07, 6.45) is 2.38. The summed E-state index contributed by atoms with van der Waals surface area (Å²) in [5, 5.41) is 11.5. The standard InChI is InChI=1S/C11H18N2O4/c12-9(14)2-1-5-13-10(15)7-3-4-8(6-7)11(16)17/h7-8H,1-6H2,(H2,12,14)(H,13,15)(H,16,17). The molecule has 0 radical (unpaired) electrons. The Balaban J connectivity index is 2.21. The van der Waals surface area contributed by atoms with Gasteiger partial charge in [0.25, 0.3) is 0 Å². The molecule has 2 atom stereocenters. The van der Waals surface area contributed by atoms with Gasteiger partial charge in [0.05, 0.1) is 5.92 Å². The van der Waals surface area contributed by atoms with E-state index < -0.39 is 11.9 Å². The molecule has 96 valence electrons. The van der Waals surface area contributed by atoms with Gasteiger partial charge in [-0.25, -0.2) is 0 Å². The van der Waals surface area contributed by atoms with Crippen LogP contribution in [0.4, 0.5) is 0 Å². The summed E-state index contributed by atoms with van der Waals surface area (Å²) in [5.74, 6) is -1.92. The average molecular weight is 242 g/mol. The number of carboxylic acids is 1. The van der Waals surface area contributed by atoms with Crippen molar-refractivity contribution in [1.82, 2.24) is 5.32 Å². The van der Waals surface area contributed by atoms with E-state index in [0.29, 0.717) is 32.2 Å². The van der Waals surface area contributed by atoms with Crippen LogP contribution in [0.2, 0.25) is 0 Å². The second-order valence-electron chi connectivity index (χ2n) is 4.41. The summed E-state index contributed by atoms with van der Waals surface area (Å²) in [7, 11) is 0. The number of amides is 2. The molecule has 1 aliphatic carbocycles. The van der Waals surface area contributed by atoms with Gasteiger partial charge in [0.2, 0.25) is 11.8 Å². The highest BCUT2D eigenvalue weighted by atomic mass is 16.4. The topological polar surface area (TPSA) is 109 Å². The van der Waals surface area contributed by atoms with Gasteiger partial charge in [0.1, 0.15) is 0 Å². The Kier molecular flexibility index (Phi) is 4.93. The summed E-state index contributed by atoms with van der Waals surface area (Å²) in [4.78, 5) is 32.8. The van der Waals surface area contributed by atoms with Crippen molar-refractivity contribution in [3.63, 3.8) is 0 Å². The fraction of sp³-hybridized carbons (Fsp3) is 0.727. The summed E-state index contributed by atoms with van der Waals surface area (Å²) >= 11 is 0. The molecule has 4 N–H and O–H groups in total. The Morgan fingerprint density at radius 1 is 1.24 bits per heavy atom. The van der Waals surface area contributed by atoms with Crippen LogP contribution in [-0.2, 0) is 14.4 Å². The number of primary amides is 1. The predicted octanol–water partition coefficient (Wildman–Crippen LogP) is -0.131. The van der Waals surface area contributed by atoms with Crippen LogP contribution in [0.3, 0.4) is 0 Å². The molecule has 0 saturated heterocycles. The zero-order chi connectivity index (χ0) is 12.8. The van der Waals surface area contributed by atoms with Crippen LogP contribution in [0.1, 0.15) is 32.1 Å². The highest BCUT2D eigenvalue weighted by Gasteiger charge is 2.33. The molecule has 17 heavy (non-hydrogen) atoms. The van der Waals surface area contributed by atoms with Crippen molar-refractivity contribution in [2.75, 3.05) is 6.54 Å². The molecule has 2 amide bonds. The maximum Gasteiger partial charge on any atom is 0.306 e. The maximum atomic E-state index is 11.6. The second kappa shape index (κ2) is 6.22. The molecular formula is C11H18N2O4. The van der Waals surface area contributed by atoms with Crippen molar-refractivity contribution < 1.29 is 19.5 Å². The van der Waals surface area contributed by atoms with Gasteiger partial charge >= 0.3 is 5.97 Å². The monoisotopic (exact) mass is 242 g/mol. The van der Waals surface area contributed by atoms with Crippen LogP contribution in [0.5, 0.6) is 0 Å². The molecule has 6 nitrogen and oxygen atoms in total. The Morgan fingerprint density at radius 3 is 2.41 bits per heavy atom. The number of aliphatic carboxylic acids is 1. The van der Waals surface area contributed by atoms with E-state index in [0.717, 1.165) is 0 Å². The summed E-state index contributed by atoms with van der Waals surface area (Å²) in [5.41, 5.74) is 4.97. The number of nitrogens with two attached hydrogens (primary N) is 1. The van der Waals surface area contributed by atoms with Crippen LogP contribution in [0, 0.1) is 11.8 Å². The van der Waals surface area contributed by atoms with Crippen molar-refractivity contribution in [2.24, 2.45) is 17.6 Å². The second-order valence-corrected chi connectivity index (χ2v) is 4.41. The van der Waals surface area contributed by atoms with E-state index in [1.807, 2.05) is 0 Å². The number of carboxylic acid groups (broad SMARTS) is 1. The minimum Gasteiger partial charge on any atom is -0.481 e. The van der Waals surface area contributed by atoms with Gasteiger partial charge in [-0.3, -0.25) is 14.4 Å². The van der Waals surface area contributed by atoms with E-state index in [1.165, 1.54) is 0 Å². The van der Waals surface area contributed by atoms with Crippen LogP contribution in [-0.4, -0.2) is 29.4 Å². The van der Waals surface area contributed by atoms with Gasteiger partial charge in [-0.1, -0.05) is 0 Å². The lowest BCUT2D eigenvalue weighted by Gasteiger charge is -2.10. The Labute approximate surface area is 99.6 Å². The lowest BCUT2D eigenvalue weighted by molar-refractivity contribution is -0.141. The molecule has 1 rings (SSSR count). The van der Waals surface area contributed by atoms with Crippen LogP contribution >= 0.6 is 0 Å². The highest BCUT2D eigenvalue weighted by molar-refractivity contribution is 5.80.